The Morgan fingerprint density at radius 1 is 1.47 bits per heavy atom. The number of hydrogen-bond donors (Lipinski definition) is 0. The molecule has 1 aromatic heterocycles. The molecule has 0 aliphatic rings. The minimum absolute atomic E-state index is 0.301. The highest BCUT2D eigenvalue weighted by Gasteiger charge is 2.06. The fraction of sp³-hybridized carbons (Fsp3) is 0.182. The molecule has 0 unspecified atom stereocenters. The summed E-state index contributed by atoms with van der Waals surface area (Å²) in [5.74, 6) is 1.60. The van der Waals surface area contributed by atoms with E-state index in [-0.39, 0.29) is 0 Å². The third-order valence-corrected chi connectivity index (χ3v) is 3.23. The Bertz CT molecular complexity index is 481. The molecule has 1 heterocycles. The summed E-state index contributed by atoms with van der Waals surface area (Å²) in [5, 5.41) is 0. The molecule has 0 amide bonds. The molecular formula is C11H9BrClNO. The van der Waals surface area contributed by atoms with Crippen molar-refractivity contribution in [3.63, 3.8) is 0 Å². The van der Waals surface area contributed by atoms with Gasteiger partial charge in [-0.15, -0.1) is 11.6 Å². The summed E-state index contributed by atoms with van der Waals surface area (Å²) < 4.78 is 6.54. The van der Waals surface area contributed by atoms with Crippen molar-refractivity contribution in [2.24, 2.45) is 0 Å². The van der Waals surface area contributed by atoms with Crippen LogP contribution in [-0.2, 0) is 5.88 Å². The fourth-order valence-corrected chi connectivity index (χ4v) is 1.67. The van der Waals surface area contributed by atoms with Crippen LogP contribution in [0.3, 0.4) is 0 Å². The van der Waals surface area contributed by atoms with E-state index >= 15 is 0 Å². The third-order valence-electron chi connectivity index (χ3n) is 2.11. The normalized spacial score (nSPS) is 10.6. The quantitative estimate of drug-likeness (QED) is 0.775. The molecule has 0 spiro atoms. The van der Waals surface area contributed by atoms with Crippen LogP contribution in [0, 0.1) is 6.92 Å². The van der Waals surface area contributed by atoms with Gasteiger partial charge < -0.3 is 4.42 Å². The van der Waals surface area contributed by atoms with Gasteiger partial charge in [0.25, 0.3) is 0 Å². The first-order valence-corrected chi connectivity index (χ1v) is 5.80. The zero-order valence-corrected chi connectivity index (χ0v) is 10.5. The Hall–Kier alpha value is -0.800. The van der Waals surface area contributed by atoms with Crippen molar-refractivity contribution in [2.45, 2.75) is 12.8 Å². The van der Waals surface area contributed by atoms with Gasteiger partial charge in [0.1, 0.15) is 0 Å². The first-order valence-electron chi connectivity index (χ1n) is 4.48. The van der Waals surface area contributed by atoms with Gasteiger partial charge in [-0.3, -0.25) is 0 Å². The predicted molar refractivity (Wildman–Crippen MR) is 63.9 cm³/mol. The van der Waals surface area contributed by atoms with Gasteiger partial charge in [-0.05, 0) is 24.6 Å². The molecule has 2 aromatic rings. The SMILES string of the molecule is Cc1cc(-c2cnc(CCl)o2)ccc1Br. The van der Waals surface area contributed by atoms with Gasteiger partial charge in [0.2, 0.25) is 5.89 Å². The minimum atomic E-state index is 0.301. The summed E-state index contributed by atoms with van der Waals surface area (Å²) >= 11 is 9.07. The van der Waals surface area contributed by atoms with E-state index < -0.39 is 0 Å². The Kier molecular flexibility index (Phi) is 3.12. The molecule has 4 heteroatoms. The number of rotatable bonds is 2. The average Bonchev–Trinajstić information content (AvgIpc) is 2.70. The summed E-state index contributed by atoms with van der Waals surface area (Å²) in [4.78, 5) is 4.05. The highest BCUT2D eigenvalue weighted by molar-refractivity contribution is 9.10. The van der Waals surface area contributed by atoms with Gasteiger partial charge in [-0.2, -0.15) is 0 Å². The van der Waals surface area contributed by atoms with Crippen LogP contribution >= 0.6 is 27.5 Å². The Morgan fingerprint density at radius 2 is 2.27 bits per heavy atom. The van der Waals surface area contributed by atoms with Gasteiger partial charge in [-0.25, -0.2) is 4.98 Å². The maximum Gasteiger partial charge on any atom is 0.209 e. The molecule has 0 fully saturated rings. The first kappa shape index (κ1) is 10.7. The highest BCUT2D eigenvalue weighted by Crippen LogP contribution is 2.25. The maximum atomic E-state index is 5.62. The number of nitrogens with zero attached hydrogens (tertiary/aromatic N) is 1. The number of alkyl halides is 1. The average molecular weight is 287 g/mol. The van der Waals surface area contributed by atoms with Gasteiger partial charge in [0.15, 0.2) is 5.76 Å². The van der Waals surface area contributed by atoms with E-state index in [0.29, 0.717) is 11.8 Å². The van der Waals surface area contributed by atoms with Gasteiger partial charge >= 0.3 is 0 Å². The fourth-order valence-electron chi connectivity index (χ4n) is 1.30. The zero-order chi connectivity index (χ0) is 10.8. The van der Waals surface area contributed by atoms with Crippen molar-refractivity contribution in [1.82, 2.24) is 4.98 Å². The molecule has 15 heavy (non-hydrogen) atoms. The van der Waals surface area contributed by atoms with Crippen molar-refractivity contribution >= 4 is 27.5 Å². The molecule has 0 aliphatic carbocycles. The second-order valence-corrected chi connectivity index (χ2v) is 4.34. The molecule has 0 radical (unpaired) electrons. The highest BCUT2D eigenvalue weighted by atomic mass is 79.9. The summed E-state index contributed by atoms with van der Waals surface area (Å²) in [6, 6.07) is 6.02. The Balaban J connectivity index is 2.40. The largest absolute Gasteiger partial charge is 0.439 e. The van der Waals surface area contributed by atoms with Gasteiger partial charge in [0, 0.05) is 10.0 Å². The molecule has 1 aromatic carbocycles. The molecule has 2 nitrogen and oxygen atoms in total. The zero-order valence-electron chi connectivity index (χ0n) is 8.13. The van der Waals surface area contributed by atoms with Crippen LogP contribution in [0.5, 0.6) is 0 Å². The molecule has 0 saturated heterocycles. The Labute approximate surface area is 101 Å². The molecule has 0 saturated carbocycles. The summed E-state index contributed by atoms with van der Waals surface area (Å²) in [6.45, 7) is 2.03. The lowest BCUT2D eigenvalue weighted by Crippen LogP contribution is -1.78. The molecule has 0 bridgehead atoms. The van der Waals surface area contributed by atoms with Gasteiger partial charge in [-0.1, -0.05) is 22.0 Å². The lowest BCUT2D eigenvalue weighted by Gasteiger charge is -2.00. The molecule has 2 rings (SSSR count). The van der Waals surface area contributed by atoms with Crippen LogP contribution in [0.15, 0.2) is 33.3 Å². The molecular weight excluding hydrogens is 277 g/mol. The third kappa shape index (κ3) is 2.24. The van der Waals surface area contributed by atoms with Crippen molar-refractivity contribution in [1.29, 1.82) is 0 Å². The van der Waals surface area contributed by atoms with Crippen LogP contribution < -0.4 is 0 Å². The van der Waals surface area contributed by atoms with Crippen LogP contribution in [0.25, 0.3) is 11.3 Å². The number of oxazole rings is 1. The summed E-state index contributed by atoms with van der Waals surface area (Å²) in [6.07, 6.45) is 1.69. The Morgan fingerprint density at radius 3 is 2.87 bits per heavy atom. The van der Waals surface area contributed by atoms with Crippen molar-refractivity contribution in [2.75, 3.05) is 0 Å². The lowest BCUT2D eigenvalue weighted by molar-refractivity contribution is 0.528. The van der Waals surface area contributed by atoms with Gasteiger partial charge in [0.05, 0.1) is 12.1 Å². The maximum absolute atomic E-state index is 5.62. The molecule has 0 N–H and O–H groups in total. The first-order chi connectivity index (χ1) is 7.20. The van der Waals surface area contributed by atoms with E-state index in [1.54, 1.807) is 6.20 Å². The number of halogens is 2. The predicted octanol–water partition coefficient (Wildman–Crippen LogP) is 4.15. The van der Waals surface area contributed by atoms with E-state index in [9.17, 15) is 0 Å². The smallest absolute Gasteiger partial charge is 0.209 e. The van der Waals surface area contributed by atoms with E-state index in [2.05, 4.69) is 20.9 Å². The van der Waals surface area contributed by atoms with E-state index in [4.69, 9.17) is 16.0 Å². The topological polar surface area (TPSA) is 26.0 Å². The monoisotopic (exact) mass is 285 g/mol. The molecule has 0 atom stereocenters. The van der Waals surface area contributed by atoms with Crippen molar-refractivity contribution in [3.8, 4) is 11.3 Å². The number of hydrogen-bond acceptors (Lipinski definition) is 2. The second-order valence-electron chi connectivity index (χ2n) is 3.22. The van der Waals surface area contributed by atoms with Crippen molar-refractivity contribution in [3.05, 3.63) is 40.3 Å². The van der Waals surface area contributed by atoms with Crippen molar-refractivity contribution < 1.29 is 4.42 Å². The van der Waals surface area contributed by atoms with Crippen LogP contribution in [0.4, 0.5) is 0 Å². The minimum Gasteiger partial charge on any atom is -0.439 e. The lowest BCUT2D eigenvalue weighted by atomic mass is 10.1. The van der Waals surface area contributed by atoms with E-state index in [1.165, 1.54) is 0 Å². The molecule has 0 aliphatic heterocycles. The van der Waals surface area contributed by atoms with E-state index in [1.807, 2.05) is 25.1 Å². The molecule has 78 valence electrons. The number of benzene rings is 1. The number of aryl methyl sites for hydroxylation is 1. The summed E-state index contributed by atoms with van der Waals surface area (Å²) in [5.41, 5.74) is 2.18. The second kappa shape index (κ2) is 4.37. The summed E-state index contributed by atoms with van der Waals surface area (Å²) in [7, 11) is 0. The standard InChI is InChI=1S/C11H9BrClNO/c1-7-4-8(2-3-9(7)12)10-6-14-11(5-13)15-10/h2-4,6H,5H2,1H3. The van der Waals surface area contributed by atoms with Crippen LogP contribution in [0.1, 0.15) is 11.5 Å². The van der Waals surface area contributed by atoms with Crippen LogP contribution in [-0.4, -0.2) is 4.98 Å². The van der Waals surface area contributed by atoms with Crippen LogP contribution in [0.2, 0.25) is 0 Å². The van der Waals surface area contributed by atoms with E-state index in [0.717, 1.165) is 21.4 Å². The number of aromatic nitrogens is 1.